The van der Waals surface area contributed by atoms with Crippen LogP contribution in [0.2, 0.25) is 0 Å². The van der Waals surface area contributed by atoms with E-state index in [9.17, 15) is 0 Å². The van der Waals surface area contributed by atoms with Crippen molar-refractivity contribution in [3.05, 3.63) is 29.8 Å². The van der Waals surface area contributed by atoms with E-state index >= 15 is 0 Å². The lowest BCUT2D eigenvalue weighted by Crippen LogP contribution is -2.29. The molecule has 0 bridgehead atoms. The number of nitrogens with zero attached hydrogens (tertiary/aromatic N) is 1. The van der Waals surface area contributed by atoms with E-state index < -0.39 is 0 Å². The van der Waals surface area contributed by atoms with Crippen molar-refractivity contribution in [3.63, 3.8) is 0 Å². The van der Waals surface area contributed by atoms with Gasteiger partial charge in [0, 0.05) is 52.2 Å². The van der Waals surface area contributed by atoms with E-state index in [1.807, 2.05) is 0 Å². The van der Waals surface area contributed by atoms with E-state index in [1.165, 1.54) is 11.3 Å². The summed E-state index contributed by atoms with van der Waals surface area (Å²) in [5.41, 5.74) is 2.56. The van der Waals surface area contributed by atoms with Gasteiger partial charge in [0.2, 0.25) is 0 Å². The van der Waals surface area contributed by atoms with E-state index in [4.69, 9.17) is 9.47 Å². The van der Waals surface area contributed by atoms with Crippen LogP contribution in [0.5, 0.6) is 0 Å². The third kappa shape index (κ3) is 7.46. The molecule has 4 heteroatoms. The van der Waals surface area contributed by atoms with Gasteiger partial charge in [0.15, 0.2) is 0 Å². The van der Waals surface area contributed by atoms with Gasteiger partial charge in [-0.2, -0.15) is 0 Å². The van der Waals surface area contributed by atoms with Gasteiger partial charge in [0.1, 0.15) is 0 Å². The fourth-order valence-corrected chi connectivity index (χ4v) is 2.12. The fraction of sp³-hybridized carbons (Fsp3) is 0.647. The lowest BCUT2D eigenvalue weighted by molar-refractivity contribution is 0.191. The largest absolute Gasteiger partial charge is 0.385 e. The number of hydrogen-bond acceptors (Lipinski definition) is 4. The van der Waals surface area contributed by atoms with Crippen LogP contribution >= 0.6 is 0 Å². The molecule has 0 fully saturated rings. The van der Waals surface area contributed by atoms with Crippen LogP contribution in [-0.2, 0) is 16.0 Å². The first kappa shape index (κ1) is 18.0. The van der Waals surface area contributed by atoms with Crippen molar-refractivity contribution in [1.29, 1.82) is 0 Å². The fourth-order valence-electron chi connectivity index (χ4n) is 2.12. The van der Waals surface area contributed by atoms with Crippen LogP contribution in [0.25, 0.3) is 0 Å². The minimum atomic E-state index is 0.511. The first-order valence-electron chi connectivity index (χ1n) is 7.72. The number of nitrogens with one attached hydrogen (secondary N) is 1. The van der Waals surface area contributed by atoms with Gasteiger partial charge in [-0.1, -0.05) is 26.0 Å². The summed E-state index contributed by atoms with van der Waals surface area (Å²) in [6.45, 7) is 8.67. The molecule has 0 aliphatic carbocycles. The summed E-state index contributed by atoms with van der Waals surface area (Å²) in [5.74, 6) is 0. The highest BCUT2D eigenvalue weighted by molar-refractivity contribution is 5.47. The Bertz CT molecular complexity index is 366. The van der Waals surface area contributed by atoms with Crippen molar-refractivity contribution in [3.8, 4) is 0 Å². The summed E-state index contributed by atoms with van der Waals surface area (Å²) < 4.78 is 10.3. The van der Waals surface area contributed by atoms with E-state index in [2.05, 4.69) is 48.3 Å². The molecule has 0 unspecified atom stereocenters. The number of rotatable bonds is 11. The van der Waals surface area contributed by atoms with Crippen molar-refractivity contribution in [1.82, 2.24) is 5.32 Å². The quantitative estimate of drug-likeness (QED) is 0.636. The average molecular weight is 294 g/mol. The molecule has 0 heterocycles. The van der Waals surface area contributed by atoms with Crippen LogP contribution in [0.1, 0.15) is 25.8 Å². The van der Waals surface area contributed by atoms with Gasteiger partial charge in [-0.25, -0.2) is 0 Å². The Morgan fingerprint density at radius 3 is 2.24 bits per heavy atom. The third-order valence-corrected chi connectivity index (χ3v) is 3.36. The molecule has 21 heavy (non-hydrogen) atoms. The number of benzene rings is 1. The summed E-state index contributed by atoms with van der Waals surface area (Å²) in [7, 11) is 3.49. The predicted octanol–water partition coefficient (Wildman–Crippen LogP) is 2.67. The summed E-state index contributed by atoms with van der Waals surface area (Å²) in [6.07, 6.45) is 1.02. The third-order valence-electron chi connectivity index (χ3n) is 3.36. The van der Waals surface area contributed by atoms with Crippen molar-refractivity contribution >= 4 is 5.69 Å². The van der Waals surface area contributed by atoms with E-state index in [-0.39, 0.29) is 0 Å². The molecule has 1 rings (SSSR count). The molecule has 0 saturated heterocycles. The van der Waals surface area contributed by atoms with Crippen LogP contribution in [0, 0.1) is 0 Å². The maximum atomic E-state index is 5.21. The Balaban J connectivity index is 2.59. The zero-order chi connectivity index (χ0) is 15.5. The van der Waals surface area contributed by atoms with Crippen molar-refractivity contribution in [2.24, 2.45) is 0 Å². The lowest BCUT2D eigenvalue weighted by Gasteiger charge is -2.24. The number of anilines is 1. The van der Waals surface area contributed by atoms with Gasteiger partial charge >= 0.3 is 0 Å². The molecule has 4 nitrogen and oxygen atoms in total. The maximum Gasteiger partial charge on any atom is 0.0637 e. The Hall–Kier alpha value is -1.10. The highest BCUT2D eigenvalue weighted by Crippen LogP contribution is 2.16. The normalized spacial score (nSPS) is 11.1. The number of ether oxygens (including phenoxy) is 2. The molecule has 0 spiro atoms. The molecule has 0 amide bonds. The van der Waals surface area contributed by atoms with Gasteiger partial charge in [-0.05, 0) is 24.1 Å². The molecule has 120 valence electrons. The Morgan fingerprint density at radius 2 is 1.67 bits per heavy atom. The van der Waals surface area contributed by atoms with Crippen molar-refractivity contribution in [2.45, 2.75) is 32.9 Å². The Kier molecular flexibility index (Phi) is 9.06. The molecule has 0 saturated carbocycles. The molecule has 0 aliphatic rings. The average Bonchev–Trinajstić information content (AvgIpc) is 2.49. The predicted molar refractivity (Wildman–Crippen MR) is 89.0 cm³/mol. The minimum absolute atomic E-state index is 0.511. The SMILES string of the molecule is COCCCN(CCOC)c1ccc(CNC(C)C)cc1. The van der Waals surface area contributed by atoms with Gasteiger partial charge in [0.25, 0.3) is 0 Å². The molecule has 0 radical (unpaired) electrons. The van der Waals surface area contributed by atoms with Gasteiger partial charge in [-0.3, -0.25) is 0 Å². The smallest absolute Gasteiger partial charge is 0.0637 e. The van der Waals surface area contributed by atoms with Crippen LogP contribution in [-0.4, -0.2) is 46.6 Å². The molecule has 1 aromatic rings. The van der Waals surface area contributed by atoms with E-state index in [0.29, 0.717) is 6.04 Å². The minimum Gasteiger partial charge on any atom is -0.385 e. The summed E-state index contributed by atoms with van der Waals surface area (Å²) >= 11 is 0. The Labute approximate surface area is 129 Å². The van der Waals surface area contributed by atoms with Crippen LogP contribution in [0.4, 0.5) is 5.69 Å². The topological polar surface area (TPSA) is 33.7 Å². The van der Waals surface area contributed by atoms with Gasteiger partial charge in [-0.15, -0.1) is 0 Å². The molecular weight excluding hydrogens is 264 g/mol. The molecular formula is C17H30N2O2. The summed E-state index contributed by atoms with van der Waals surface area (Å²) in [5, 5.41) is 3.44. The highest BCUT2D eigenvalue weighted by atomic mass is 16.5. The molecule has 1 N–H and O–H groups in total. The summed E-state index contributed by atoms with van der Waals surface area (Å²) in [4.78, 5) is 2.35. The molecule has 1 aromatic carbocycles. The maximum absolute atomic E-state index is 5.21. The molecule has 0 atom stereocenters. The second kappa shape index (κ2) is 10.6. The first-order chi connectivity index (χ1) is 10.2. The zero-order valence-electron chi connectivity index (χ0n) is 13.9. The van der Waals surface area contributed by atoms with E-state index in [0.717, 1.165) is 39.3 Å². The van der Waals surface area contributed by atoms with Gasteiger partial charge < -0.3 is 19.7 Å². The first-order valence-corrected chi connectivity index (χ1v) is 7.72. The van der Waals surface area contributed by atoms with E-state index in [1.54, 1.807) is 14.2 Å². The number of methoxy groups -OCH3 is 2. The van der Waals surface area contributed by atoms with Crippen LogP contribution < -0.4 is 10.2 Å². The Morgan fingerprint density at radius 1 is 1.00 bits per heavy atom. The highest BCUT2D eigenvalue weighted by Gasteiger charge is 2.06. The van der Waals surface area contributed by atoms with Crippen LogP contribution in [0.15, 0.2) is 24.3 Å². The monoisotopic (exact) mass is 294 g/mol. The van der Waals surface area contributed by atoms with Crippen molar-refractivity contribution < 1.29 is 9.47 Å². The second-order valence-electron chi connectivity index (χ2n) is 5.53. The number of hydrogen-bond donors (Lipinski definition) is 1. The molecule has 0 aromatic heterocycles. The lowest BCUT2D eigenvalue weighted by atomic mass is 10.2. The van der Waals surface area contributed by atoms with Gasteiger partial charge in [0.05, 0.1) is 6.61 Å². The summed E-state index contributed by atoms with van der Waals surface area (Å²) in [6, 6.07) is 9.29. The molecule has 0 aliphatic heterocycles. The van der Waals surface area contributed by atoms with Crippen LogP contribution in [0.3, 0.4) is 0 Å². The standard InChI is InChI=1S/C17H30N2O2/c1-15(2)18-14-16-6-8-17(9-7-16)19(11-13-21-4)10-5-12-20-3/h6-9,15,18H,5,10-14H2,1-4H3. The zero-order valence-corrected chi connectivity index (χ0v) is 13.9. The second-order valence-corrected chi connectivity index (χ2v) is 5.53. The van der Waals surface area contributed by atoms with Crippen molar-refractivity contribution in [2.75, 3.05) is 45.4 Å².